The third-order valence-corrected chi connectivity index (χ3v) is 3.66. The quantitative estimate of drug-likeness (QED) is 0.651. The molecule has 1 aromatic carbocycles. The van der Waals surface area contributed by atoms with Gasteiger partial charge in [-0.3, -0.25) is 4.90 Å². The first-order chi connectivity index (χ1) is 12.0. The highest BCUT2D eigenvalue weighted by molar-refractivity contribution is 6.30. The van der Waals surface area contributed by atoms with Crippen LogP contribution in [0.2, 0.25) is 5.02 Å². The summed E-state index contributed by atoms with van der Waals surface area (Å²) in [6, 6.07) is 4.40. The summed E-state index contributed by atoms with van der Waals surface area (Å²) in [6.07, 6.45) is -4.75. The molecule has 4 N–H and O–H groups in total. The van der Waals surface area contributed by atoms with E-state index in [-0.39, 0.29) is 17.7 Å². The van der Waals surface area contributed by atoms with Gasteiger partial charge in [0.2, 0.25) is 0 Å². The zero-order chi connectivity index (χ0) is 19.9. The predicted molar refractivity (Wildman–Crippen MR) is 85.6 cm³/mol. The fourth-order valence-electron chi connectivity index (χ4n) is 2.14. The van der Waals surface area contributed by atoms with Crippen molar-refractivity contribution in [2.24, 2.45) is 5.73 Å². The van der Waals surface area contributed by atoms with Crippen molar-refractivity contribution in [2.75, 3.05) is 26.2 Å². The number of alkyl halides is 3. The van der Waals surface area contributed by atoms with E-state index in [4.69, 9.17) is 32.0 Å². The van der Waals surface area contributed by atoms with Crippen LogP contribution in [0.15, 0.2) is 18.2 Å². The minimum absolute atomic E-state index is 0.0546. The second-order valence-corrected chi connectivity index (χ2v) is 6.06. The molecule has 0 aliphatic carbocycles. The van der Waals surface area contributed by atoms with Gasteiger partial charge in [0.25, 0.3) is 0 Å². The molecule has 2 rings (SSSR count). The summed E-state index contributed by atoms with van der Waals surface area (Å²) in [7, 11) is 0. The van der Waals surface area contributed by atoms with Crippen LogP contribution in [0.3, 0.4) is 0 Å². The molecule has 0 amide bonds. The number of hydrogen-bond acceptors (Lipinski definition) is 5. The number of aliphatic hydroxyl groups excluding tert-OH is 1. The molecule has 148 valence electrons. The van der Waals surface area contributed by atoms with Gasteiger partial charge < -0.3 is 20.7 Å². The van der Waals surface area contributed by atoms with E-state index in [0.29, 0.717) is 12.3 Å². The molecule has 11 heteroatoms. The van der Waals surface area contributed by atoms with Crippen molar-refractivity contribution in [1.29, 1.82) is 0 Å². The minimum Gasteiger partial charge on any atom is -0.491 e. The van der Waals surface area contributed by atoms with Crippen molar-refractivity contribution < 1.29 is 37.3 Å². The number of carbonyl (C=O) groups is 1. The van der Waals surface area contributed by atoms with Gasteiger partial charge in [0, 0.05) is 25.2 Å². The zero-order valence-corrected chi connectivity index (χ0v) is 14.3. The second kappa shape index (κ2) is 9.91. The van der Waals surface area contributed by atoms with Crippen molar-refractivity contribution >= 4 is 17.6 Å². The first-order valence-electron chi connectivity index (χ1n) is 7.53. The summed E-state index contributed by atoms with van der Waals surface area (Å²) in [6.45, 7) is 2.33. The van der Waals surface area contributed by atoms with Gasteiger partial charge in [0.15, 0.2) is 0 Å². The number of aliphatic hydroxyl groups is 1. The molecule has 0 saturated carbocycles. The second-order valence-electron chi connectivity index (χ2n) is 5.65. The maximum atomic E-state index is 13.2. The number of β-amino-alcohol motifs (C(OH)–C–C–N with tert-alkyl or cyclic N) is 1. The Morgan fingerprint density at radius 1 is 1.46 bits per heavy atom. The lowest BCUT2D eigenvalue weighted by Crippen LogP contribution is -2.35. The van der Waals surface area contributed by atoms with Crippen molar-refractivity contribution in [3.63, 3.8) is 0 Å². The van der Waals surface area contributed by atoms with Gasteiger partial charge in [0.05, 0.1) is 5.02 Å². The van der Waals surface area contributed by atoms with Crippen LogP contribution in [0.1, 0.15) is 6.42 Å². The van der Waals surface area contributed by atoms with Gasteiger partial charge in [-0.2, -0.15) is 13.2 Å². The lowest BCUT2D eigenvalue weighted by atomic mass is 10.3. The molecule has 1 aliphatic rings. The molecule has 1 saturated heterocycles. The van der Waals surface area contributed by atoms with Gasteiger partial charge >= 0.3 is 12.1 Å². The monoisotopic (exact) mass is 402 g/mol. The molecule has 1 fully saturated rings. The zero-order valence-electron chi connectivity index (χ0n) is 13.5. The summed E-state index contributed by atoms with van der Waals surface area (Å²) in [5.74, 6) is -2.93. The molecule has 2 unspecified atom stereocenters. The minimum atomic E-state index is -5.08. The number of nitrogens with zero attached hydrogens (tertiary/aromatic N) is 1. The van der Waals surface area contributed by atoms with Crippen molar-refractivity contribution in [3.8, 4) is 5.75 Å². The van der Waals surface area contributed by atoms with E-state index in [0.717, 1.165) is 19.5 Å². The largest absolute Gasteiger partial charge is 0.491 e. The normalized spacial score (nSPS) is 18.8. The van der Waals surface area contributed by atoms with Gasteiger partial charge in [0.1, 0.15) is 24.3 Å². The summed E-state index contributed by atoms with van der Waals surface area (Å²) < 4.78 is 50.2. The average molecular weight is 403 g/mol. The molecule has 6 nitrogen and oxygen atoms in total. The molecule has 2 atom stereocenters. The number of hydrogen-bond donors (Lipinski definition) is 3. The van der Waals surface area contributed by atoms with E-state index in [9.17, 15) is 22.7 Å². The number of aliphatic carboxylic acids is 1. The molecule has 26 heavy (non-hydrogen) atoms. The summed E-state index contributed by atoms with van der Waals surface area (Å²) in [5.41, 5.74) is 5.79. The fraction of sp³-hybridized carbons (Fsp3) is 0.533. The van der Waals surface area contributed by atoms with E-state index in [1.54, 1.807) is 6.07 Å². The van der Waals surface area contributed by atoms with Crippen LogP contribution in [-0.2, 0) is 4.79 Å². The smallest absolute Gasteiger partial charge is 0.490 e. The predicted octanol–water partition coefficient (Wildman–Crippen LogP) is 1.89. The highest BCUT2D eigenvalue weighted by Gasteiger charge is 2.38. The number of likely N-dealkylation sites (tertiary alicyclic amines) is 1. The Labute approximate surface area is 152 Å². The average Bonchev–Trinajstić information content (AvgIpc) is 2.93. The Hall–Kier alpha value is -1.62. The van der Waals surface area contributed by atoms with Crippen LogP contribution in [0, 0.1) is 5.82 Å². The molecule has 0 aromatic heterocycles. The first-order valence-corrected chi connectivity index (χ1v) is 7.90. The topological polar surface area (TPSA) is 96.0 Å². The van der Waals surface area contributed by atoms with Crippen LogP contribution in [-0.4, -0.2) is 65.6 Å². The maximum absolute atomic E-state index is 13.2. The van der Waals surface area contributed by atoms with Crippen LogP contribution >= 0.6 is 11.6 Å². The van der Waals surface area contributed by atoms with Crippen molar-refractivity contribution in [1.82, 2.24) is 4.90 Å². The molecule has 1 heterocycles. The Balaban J connectivity index is 0.000000412. The van der Waals surface area contributed by atoms with Crippen LogP contribution in [0.25, 0.3) is 0 Å². The molecule has 0 bridgehead atoms. The van der Waals surface area contributed by atoms with E-state index in [1.165, 1.54) is 12.1 Å². The van der Waals surface area contributed by atoms with Crippen molar-refractivity contribution in [2.45, 2.75) is 24.7 Å². The third kappa shape index (κ3) is 8.17. The number of benzene rings is 1. The number of rotatable bonds is 5. The Morgan fingerprint density at radius 2 is 2.08 bits per heavy atom. The van der Waals surface area contributed by atoms with E-state index in [1.807, 2.05) is 0 Å². The summed E-state index contributed by atoms with van der Waals surface area (Å²) in [4.78, 5) is 11.0. The van der Waals surface area contributed by atoms with Crippen LogP contribution < -0.4 is 10.5 Å². The molecular formula is C15H19ClF4N2O4. The third-order valence-electron chi connectivity index (χ3n) is 3.35. The maximum Gasteiger partial charge on any atom is 0.490 e. The van der Waals surface area contributed by atoms with Crippen molar-refractivity contribution in [3.05, 3.63) is 29.0 Å². The van der Waals surface area contributed by atoms with Gasteiger partial charge in [-0.25, -0.2) is 9.18 Å². The molecular weight excluding hydrogens is 384 g/mol. The van der Waals surface area contributed by atoms with Gasteiger partial charge in [-0.05, 0) is 25.1 Å². The molecule has 1 aromatic rings. The van der Waals surface area contributed by atoms with E-state index >= 15 is 0 Å². The summed E-state index contributed by atoms with van der Waals surface area (Å²) >= 11 is 5.57. The molecule has 1 aliphatic heterocycles. The summed E-state index contributed by atoms with van der Waals surface area (Å²) in [5, 5.41) is 17.0. The fourth-order valence-corrected chi connectivity index (χ4v) is 2.26. The van der Waals surface area contributed by atoms with Crippen LogP contribution in [0.5, 0.6) is 5.75 Å². The van der Waals surface area contributed by atoms with Gasteiger partial charge in [-0.1, -0.05) is 11.6 Å². The Bertz CT molecular complexity index is 603. The molecule has 0 spiro atoms. The van der Waals surface area contributed by atoms with Crippen LogP contribution in [0.4, 0.5) is 17.6 Å². The lowest BCUT2D eigenvalue weighted by molar-refractivity contribution is -0.192. The number of carboxylic acid groups (broad SMARTS) is 1. The standard InChI is InChI=1S/C13H18ClFN2O2.C2HF3O2/c14-12-2-1-11(5-13(12)15)19-8-10(18)7-17-4-3-9(16)6-17;3-2(4,5)1(6)7/h1-2,5,9-10,18H,3-4,6-8,16H2;(H,6,7). The van der Waals surface area contributed by atoms with Gasteiger partial charge in [-0.15, -0.1) is 0 Å². The van der Waals surface area contributed by atoms with E-state index < -0.39 is 24.1 Å². The number of carboxylic acids is 1. The Kier molecular flexibility index (Phi) is 8.54. The SMILES string of the molecule is NC1CCN(CC(O)COc2ccc(Cl)c(F)c2)C1.O=C(O)C(F)(F)F. The first kappa shape index (κ1) is 22.4. The number of ether oxygens (including phenoxy) is 1. The highest BCUT2D eigenvalue weighted by atomic mass is 35.5. The molecule has 0 radical (unpaired) electrons. The highest BCUT2D eigenvalue weighted by Crippen LogP contribution is 2.20. The lowest BCUT2D eigenvalue weighted by Gasteiger charge is -2.19. The number of halogens is 5. The Morgan fingerprint density at radius 3 is 2.54 bits per heavy atom. The number of nitrogens with two attached hydrogens (primary N) is 1. The van der Waals surface area contributed by atoms with E-state index in [2.05, 4.69) is 4.90 Å².